The van der Waals surface area contributed by atoms with Gasteiger partial charge in [0.1, 0.15) is 11.6 Å². The molecule has 2 rings (SSSR count). The van der Waals surface area contributed by atoms with E-state index in [1.165, 1.54) is 0 Å². The summed E-state index contributed by atoms with van der Waals surface area (Å²) in [5.74, 6) is 0.631. The largest absolute Gasteiger partial charge is 0.493 e. The third-order valence-electron chi connectivity index (χ3n) is 3.41. The van der Waals surface area contributed by atoms with Crippen molar-refractivity contribution in [1.82, 2.24) is 5.32 Å². The zero-order valence-electron chi connectivity index (χ0n) is 14.8. The molecule has 0 bridgehead atoms. The number of guanidine groups is 1. The predicted molar refractivity (Wildman–Crippen MR) is 110 cm³/mol. The van der Waals surface area contributed by atoms with Crippen LogP contribution in [0.3, 0.4) is 0 Å². The van der Waals surface area contributed by atoms with Crippen molar-refractivity contribution in [2.24, 2.45) is 4.99 Å². The second-order valence-electron chi connectivity index (χ2n) is 5.13. The topological polar surface area (TPSA) is 54.9 Å². The van der Waals surface area contributed by atoms with Gasteiger partial charge in [-0.1, -0.05) is 0 Å². The van der Waals surface area contributed by atoms with E-state index in [9.17, 15) is 8.78 Å². The fraction of sp³-hybridized carbons (Fsp3) is 0.278. The molecule has 0 amide bonds. The van der Waals surface area contributed by atoms with Crippen LogP contribution in [-0.2, 0) is 6.54 Å². The number of aliphatic imine (C=N–C) groups is 1. The van der Waals surface area contributed by atoms with Crippen LogP contribution in [0.1, 0.15) is 12.5 Å². The van der Waals surface area contributed by atoms with E-state index in [0.717, 1.165) is 23.9 Å². The average molecular weight is 477 g/mol. The molecule has 0 aliphatic carbocycles. The molecule has 2 aromatic rings. The second kappa shape index (κ2) is 10.8. The lowest BCUT2D eigenvalue weighted by atomic mass is 10.2. The minimum atomic E-state index is -0.496. The van der Waals surface area contributed by atoms with Gasteiger partial charge in [0, 0.05) is 23.9 Å². The summed E-state index contributed by atoms with van der Waals surface area (Å²) in [5, 5.41) is 6.15. The highest BCUT2D eigenvalue weighted by atomic mass is 127. The molecule has 0 saturated heterocycles. The number of nitrogens with zero attached hydrogens (tertiary/aromatic N) is 1. The molecule has 0 fully saturated rings. The van der Waals surface area contributed by atoms with Crippen molar-refractivity contribution in [2.75, 3.05) is 26.1 Å². The van der Waals surface area contributed by atoms with Gasteiger partial charge in [0.15, 0.2) is 17.5 Å². The van der Waals surface area contributed by atoms with Gasteiger partial charge in [-0.05, 0) is 37.3 Å². The SMILES string of the molecule is CCNC(=NCc1cc(F)ccc1F)Nc1ccc(OC)c(OC)c1.I. The fourth-order valence-corrected chi connectivity index (χ4v) is 2.19. The normalized spacial score (nSPS) is 10.7. The first-order valence-electron chi connectivity index (χ1n) is 7.78. The summed E-state index contributed by atoms with van der Waals surface area (Å²) < 4.78 is 37.4. The lowest BCUT2D eigenvalue weighted by molar-refractivity contribution is 0.355. The van der Waals surface area contributed by atoms with E-state index >= 15 is 0 Å². The highest BCUT2D eigenvalue weighted by Crippen LogP contribution is 2.29. The smallest absolute Gasteiger partial charge is 0.196 e. The van der Waals surface area contributed by atoms with Crippen molar-refractivity contribution in [1.29, 1.82) is 0 Å². The molecule has 2 N–H and O–H groups in total. The van der Waals surface area contributed by atoms with Crippen molar-refractivity contribution >= 4 is 35.6 Å². The van der Waals surface area contributed by atoms with Gasteiger partial charge in [-0.25, -0.2) is 13.8 Å². The molecule has 142 valence electrons. The lowest BCUT2D eigenvalue weighted by Gasteiger charge is -2.14. The Hall–Kier alpha value is -2.10. The molecule has 2 aromatic carbocycles. The molecule has 0 unspecified atom stereocenters. The highest BCUT2D eigenvalue weighted by Gasteiger charge is 2.07. The Balaban J connectivity index is 0.00000338. The van der Waals surface area contributed by atoms with Crippen LogP contribution in [0.4, 0.5) is 14.5 Å². The minimum Gasteiger partial charge on any atom is -0.493 e. The maximum absolute atomic E-state index is 13.7. The van der Waals surface area contributed by atoms with Crippen LogP contribution in [0.5, 0.6) is 11.5 Å². The number of hydrogen-bond donors (Lipinski definition) is 2. The molecular weight excluding hydrogens is 455 g/mol. The van der Waals surface area contributed by atoms with Crippen LogP contribution in [0.15, 0.2) is 41.4 Å². The van der Waals surface area contributed by atoms with Gasteiger partial charge in [-0.2, -0.15) is 0 Å². The molecule has 0 spiro atoms. The van der Waals surface area contributed by atoms with E-state index in [0.29, 0.717) is 24.0 Å². The lowest BCUT2D eigenvalue weighted by Crippen LogP contribution is -2.30. The molecule has 26 heavy (non-hydrogen) atoms. The fourth-order valence-electron chi connectivity index (χ4n) is 2.19. The Bertz CT molecular complexity index is 757. The van der Waals surface area contributed by atoms with E-state index in [1.807, 2.05) is 6.92 Å². The van der Waals surface area contributed by atoms with Crippen molar-refractivity contribution < 1.29 is 18.3 Å². The number of halogens is 3. The number of rotatable bonds is 6. The van der Waals surface area contributed by atoms with Gasteiger partial charge < -0.3 is 20.1 Å². The quantitative estimate of drug-likeness (QED) is 0.373. The Kier molecular flexibility index (Phi) is 9.11. The van der Waals surface area contributed by atoms with Gasteiger partial charge in [-0.15, -0.1) is 24.0 Å². The van der Waals surface area contributed by atoms with Gasteiger partial charge in [0.05, 0.1) is 20.8 Å². The summed E-state index contributed by atoms with van der Waals surface area (Å²) in [7, 11) is 3.11. The molecule has 0 atom stereocenters. The van der Waals surface area contributed by atoms with Crippen molar-refractivity contribution in [2.45, 2.75) is 13.5 Å². The third-order valence-corrected chi connectivity index (χ3v) is 3.41. The number of nitrogens with one attached hydrogen (secondary N) is 2. The number of hydrogen-bond acceptors (Lipinski definition) is 3. The van der Waals surface area contributed by atoms with E-state index in [-0.39, 0.29) is 36.1 Å². The molecule has 0 aliphatic rings. The molecular formula is C18H22F2IN3O2. The molecule has 5 nitrogen and oxygen atoms in total. The monoisotopic (exact) mass is 477 g/mol. The Labute approximate surface area is 168 Å². The van der Waals surface area contributed by atoms with Crippen LogP contribution in [0, 0.1) is 11.6 Å². The Morgan fingerprint density at radius 2 is 1.77 bits per heavy atom. The third kappa shape index (κ3) is 6.01. The van der Waals surface area contributed by atoms with Crippen LogP contribution in [0.25, 0.3) is 0 Å². The van der Waals surface area contributed by atoms with Crippen LogP contribution in [0.2, 0.25) is 0 Å². The first-order valence-corrected chi connectivity index (χ1v) is 7.78. The van der Waals surface area contributed by atoms with E-state index in [2.05, 4.69) is 15.6 Å². The maximum atomic E-state index is 13.7. The van der Waals surface area contributed by atoms with Crippen molar-refractivity contribution in [3.8, 4) is 11.5 Å². The average Bonchev–Trinajstić information content (AvgIpc) is 2.62. The highest BCUT2D eigenvalue weighted by molar-refractivity contribution is 14.0. The van der Waals surface area contributed by atoms with Crippen LogP contribution < -0.4 is 20.1 Å². The first-order chi connectivity index (χ1) is 12.1. The minimum absolute atomic E-state index is 0. The van der Waals surface area contributed by atoms with Gasteiger partial charge in [-0.3, -0.25) is 0 Å². The zero-order chi connectivity index (χ0) is 18.2. The molecule has 8 heteroatoms. The van der Waals surface area contributed by atoms with Gasteiger partial charge >= 0.3 is 0 Å². The Morgan fingerprint density at radius 3 is 2.42 bits per heavy atom. The number of methoxy groups -OCH3 is 2. The molecule has 0 aromatic heterocycles. The van der Waals surface area contributed by atoms with Crippen LogP contribution >= 0.6 is 24.0 Å². The zero-order valence-corrected chi connectivity index (χ0v) is 17.1. The standard InChI is InChI=1S/C18H21F2N3O2.HI/c1-4-21-18(22-11-12-9-13(19)5-7-15(12)20)23-14-6-8-16(24-2)17(10-14)25-3;/h5-10H,4,11H2,1-3H3,(H2,21,22,23);1H. The van der Waals surface area contributed by atoms with Gasteiger partial charge in [0.25, 0.3) is 0 Å². The summed E-state index contributed by atoms with van der Waals surface area (Å²) in [6.07, 6.45) is 0. The molecule has 0 heterocycles. The summed E-state index contributed by atoms with van der Waals surface area (Å²) in [6, 6.07) is 8.63. The van der Waals surface area contributed by atoms with E-state index < -0.39 is 11.6 Å². The number of benzene rings is 2. The molecule has 0 aliphatic heterocycles. The number of ether oxygens (including phenoxy) is 2. The van der Waals surface area contributed by atoms with Crippen LogP contribution in [-0.4, -0.2) is 26.7 Å². The van der Waals surface area contributed by atoms with Crippen molar-refractivity contribution in [3.63, 3.8) is 0 Å². The van der Waals surface area contributed by atoms with Gasteiger partial charge in [0.2, 0.25) is 0 Å². The van der Waals surface area contributed by atoms with E-state index in [4.69, 9.17) is 9.47 Å². The first kappa shape index (κ1) is 21.9. The summed E-state index contributed by atoms with van der Waals surface area (Å²) in [4.78, 5) is 4.29. The number of anilines is 1. The summed E-state index contributed by atoms with van der Waals surface area (Å²) in [5.41, 5.74) is 0.904. The molecule has 0 radical (unpaired) electrons. The second-order valence-corrected chi connectivity index (χ2v) is 5.13. The Morgan fingerprint density at radius 1 is 1.04 bits per heavy atom. The van der Waals surface area contributed by atoms with E-state index in [1.54, 1.807) is 32.4 Å². The van der Waals surface area contributed by atoms with Crippen molar-refractivity contribution in [3.05, 3.63) is 53.6 Å². The summed E-state index contributed by atoms with van der Waals surface area (Å²) in [6.45, 7) is 2.53. The predicted octanol–water partition coefficient (Wildman–Crippen LogP) is 4.18. The molecule has 0 saturated carbocycles. The summed E-state index contributed by atoms with van der Waals surface area (Å²) >= 11 is 0. The maximum Gasteiger partial charge on any atom is 0.196 e.